The quantitative estimate of drug-likeness (QED) is 0.576. The predicted octanol–water partition coefficient (Wildman–Crippen LogP) is 3.65. The normalized spacial score (nSPS) is 18.6. The van der Waals surface area contributed by atoms with Crippen LogP contribution < -0.4 is 5.32 Å². The fourth-order valence-corrected chi connectivity index (χ4v) is 3.45. The first-order chi connectivity index (χ1) is 12.4. The Labute approximate surface area is 162 Å². The van der Waals surface area contributed by atoms with Gasteiger partial charge in [-0.05, 0) is 24.3 Å². The number of aliphatic carboxylic acids is 1. The zero-order chi connectivity index (χ0) is 18.7. The van der Waals surface area contributed by atoms with Gasteiger partial charge < -0.3 is 14.8 Å². The van der Waals surface area contributed by atoms with Gasteiger partial charge in [-0.25, -0.2) is 0 Å². The highest BCUT2D eigenvalue weighted by atomic mass is 35.5. The number of carbonyl (C=O) groups is 2. The Morgan fingerprint density at radius 2 is 2.15 bits per heavy atom. The van der Waals surface area contributed by atoms with Crippen LogP contribution in [0.2, 0.25) is 10.0 Å². The largest absolute Gasteiger partial charge is 0.481 e. The lowest BCUT2D eigenvalue weighted by Crippen LogP contribution is -2.26. The lowest BCUT2D eigenvalue weighted by atomic mass is 10.2. The number of carboxylic acids is 1. The number of amidine groups is 1. The van der Waals surface area contributed by atoms with Crippen molar-refractivity contribution in [3.05, 3.63) is 46.1 Å². The molecule has 1 amide bonds. The fraction of sp³-hybridized carbons (Fsp3) is 0.125. The highest BCUT2D eigenvalue weighted by molar-refractivity contribution is 8.15. The number of hydrogen-bond donors (Lipinski definition) is 2. The van der Waals surface area contributed by atoms with E-state index < -0.39 is 17.1 Å². The molecule has 26 heavy (non-hydrogen) atoms. The summed E-state index contributed by atoms with van der Waals surface area (Å²) in [6.07, 6.45) is 1.09. The van der Waals surface area contributed by atoms with Gasteiger partial charge in [0.15, 0.2) is 5.17 Å². The van der Waals surface area contributed by atoms with Gasteiger partial charge in [0, 0.05) is 5.56 Å². The average Bonchev–Trinajstić information content (AvgIpc) is 3.17. The monoisotopic (exact) mass is 411 g/mol. The molecule has 0 saturated carbocycles. The minimum absolute atomic E-state index is 0.238. The minimum Gasteiger partial charge on any atom is -0.481 e. The Bertz CT molecular complexity index is 926. The second-order valence-corrected chi connectivity index (χ2v) is 7.12. The zero-order valence-electron chi connectivity index (χ0n) is 13.0. The summed E-state index contributed by atoms with van der Waals surface area (Å²) in [5.41, 5.74) is 0.653. The molecule has 3 rings (SSSR count). The number of amides is 1. The SMILES string of the molecule is O=C(O)C[C@H]1S/C(=N\N=C/c2ccc(-c3cccc(Cl)c3Cl)o2)NC1=O. The molecule has 2 aromatic rings. The van der Waals surface area contributed by atoms with E-state index in [4.69, 9.17) is 32.7 Å². The van der Waals surface area contributed by atoms with E-state index in [0.29, 0.717) is 27.1 Å². The molecule has 10 heteroatoms. The standard InChI is InChI=1S/C16H11Cl2N3O4S/c17-10-3-1-2-9(14(10)18)11-5-4-8(25-11)7-19-21-16-20-15(24)12(26-16)6-13(22)23/h1-5,7,12H,6H2,(H,22,23)(H,20,21,24)/b19-7-/t12-/m1/s1. The third-order valence-corrected chi connectivity index (χ3v) is 5.20. The van der Waals surface area contributed by atoms with Gasteiger partial charge in [-0.3, -0.25) is 9.59 Å². The lowest BCUT2D eigenvalue weighted by Gasteiger charge is -2.01. The molecule has 7 nitrogen and oxygen atoms in total. The highest BCUT2D eigenvalue weighted by Gasteiger charge is 2.32. The van der Waals surface area contributed by atoms with Crippen LogP contribution in [0, 0.1) is 0 Å². The van der Waals surface area contributed by atoms with E-state index in [-0.39, 0.29) is 11.6 Å². The number of carbonyl (C=O) groups excluding carboxylic acids is 1. The number of nitrogens with one attached hydrogen (secondary N) is 1. The second-order valence-electron chi connectivity index (χ2n) is 5.15. The summed E-state index contributed by atoms with van der Waals surface area (Å²) in [4.78, 5) is 22.3. The van der Waals surface area contributed by atoms with Crippen molar-refractivity contribution in [1.82, 2.24) is 5.32 Å². The van der Waals surface area contributed by atoms with Crippen LogP contribution in [0.4, 0.5) is 0 Å². The third-order valence-electron chi connectivity index (χ3n) is 3.31. The molecule has 0 spiro atoms. The van der Waals surface area contributed by atoms with E-state index >= 15 is 0 Å². The van der Waals surface area contributed by atoms with Crippen molar-refractivity contribution in [2.75, 3.05) is 0 Å². The molecule has 1 atom stereocenters. The van der Waals surface area contributed by atoms with Crippen molar-refractivity contribution in [2.45, 2.75) is 11.7 Å². The summed E-state index contributed by atoms with van der Waals surface area (Å²) in [5.74, 6) is -0.499. The summed E-state index contributed by atoms with van der Waals surface area (Å²) < 4.78 is 5.63. The maximum absolute atomic E-state index is 11.6. The van der Waals surface area contributed by atoms with Gasteiger partial charge >= 0.3 is 5.97 Å². The van der Waals surface area contributed by atoms with Crippen LogP contribution in [-0.2, 0) is 9.59 Å². The molecule has 134 valence electrons. The second kappa shape index (κ2) is 7.94. The number of halogens is 2. The van der Waals surface area contributed by atoms with Crippen molar-refractivity contribution in [3.8, 4) is 11.3 Å². The van der Waals surface area contributed by atoms with Gasteiger partial charge in [-0.2, -0.15) is 5.10 Å². The number of nitrogens with zero attached hydrogens (tertiary/aromatic N) is 2. The van der Waals surface area contributed by atoms with Gasteiger partial charge in [0.05, 0.1) is 22.7 Å². The number of hydrogen-bond acceptors (Lipinski definition) is 6. The van der Waals surface area contributed by atoms with Gasteiger partial charge in [0.2, 0.25) is 5.91 Å². The number of furan rings is 1. The van der Waals surface area contributed by atoms with E-state index in [9.17, 15) is 9.59 Å². The van der Waals surface area contributed by atoms with Gasteiger partial charge in [-0.15, -0.1) is 5.10 Å². The third kappa shape index (κ3) is 4.27. The Balaban J connectivity index is 1.69. The van der Waals surface area contributed by atoms with E-state index in [0.717, 1.165) is 11.8 Å². The molecule has 2 heterocycles. The summed E-state index contributed by atoms with van der Waals surface area (Å²) in [6.45, 7) is 0. The zero-order valence-corrected chi connectivity index (χ0v) is 15.3. The molecule has 2 N–H and O–H groups in total. The fourth-order valence-electron chi connectivity index (χ4n) is 2.14. The lowest BCUT2D eigenvalue weighted by molar-refractivity contribution is -0.138. The number of thioether (sulfide) groups is 1. The minimum atomic E-state index is -1.05. The molecule has 1 aromatic carbocycles. The van der Waals surface area contributed by atoms with Crippen LogP contribution >= 0.6 is 35.0 Å². The first kappa shape index (κ1) is 18.5. The van der Waals surface area contributed by atoms with E-state index in [1.54, 1.807) is 30.3 Å². The van der Waals surface area contributed by atoms with Crippen LogP contribution in [0.25, 0.3) is 11.3 Å². The summed E-state index contributed by atoms with van der Waals surface area (Å²) >= 11 is 13.2. The maximum Gasteiger partial charge on any atom is 0.305 e. The van der Waals surface area contributed by atoms with Crippen molar-refractivity contribution in [2.24, 2.45) is 10.2 Å². The molecule has 1 aliphatic heterocycles. The summed E-state index contributed by atoms with van der Waals surface area (Å²) in [7, 11) is 0. The highest BCUT2D eigenvalue weighted by Crippen LogP contribution is 2.34. The topological polar surface area (TPSA) is 104 Å². The molecule has 0 radical (unpaired) electrons. The summed E-state index contributed by atoms with van der Waals surface area (Å²) in [6, 6.07) is 8.63. The Hall–Kier alpha value is -2.29. The van der Waals surface area contributed by atoms with Crippen molar-refractivity contribution in [1.29, 1.82) is 0 Å². The van der Waals surface area contributed by atoms with Gasteiger partial charge in [-0.1, -0.05) is 41.0 Å². The molecule has 0 bridgehead atoms. The Morgan fingerprint density at radius 1 is 1.35 bits per heavy atom. The summed E-state index contributed by atoms with van der Waals surface area (Å²) in [5, 5.41) is 19.3. The van der Waals surface area contributed by atoms with E-state index in [1.165, 1.54) is 6.21 Å². The molecule has 0 aliphatic carbocycles. The van der Waals surface area contributed by atoms with Gasteiger partial charge in [0.1, 0.15) is 16.8 Å². The van der Waals surface area contributed by atoms with Crippen LogP contribution in [0.15, 0.2) is 45.0 Å². The smallest absolute Gasteiger partial charge is 0.305 e. The van der Waals surface area contributed by atoms with Crippen molar-refractivity contribution >= 4 is 58.2 Å². The van der Waals surface area contributed by atoms with E-state index in [1.807, 2.05) is 0 Å². The molecule has 1 aromatic heterocycles. The average molecular weight is 412 g/mol. The first-order valence-corrected chi connectivity index (χ1v) is 8.92. The van der Waals surface area contributed by atoms with Crippen LogP contribution in [-0.4, -0.2) is 33.6 Å². The molecule has 1 saturated heterocycles. The van der Waals surface area contributed by atoms with Crippen LogP contribution in [0.1, 0.15) is 12.2 Å². The van der Waals surface area contributed by atoms with Crippen LogP contribution in [0.5, 0.6) is 0 Å². The predicted molar refractivity (Wildman–Crippen MR) is 101 cm³/mol. The molecular weight excluding hydrogens is 401 g/mol. The number of rotatable bonds is 5. The molecular formula is C16H11Cl2N3O4S. The first-order valence-electron chi connectivity index (χ1n) is 7.28. The maximum atomic E-state index is 11.6. The van der Waals surface area contributed by atoms with Crippen LogP contribution in [0.3, 0.4) is 0 Å². The molecule has 1 aliphatic rings. The van der Waals surface area contributed by atoms with Gasteiger partial charge in [0.25, 0.3) is 0 Å². The van der Waals surface area contributed by atoms with Crippen molar-refractivity contribution < 1.29 is 19.1 Å². The Morgan fingerprint density at radius 3 is 2.92 bits per heavy atom. The number of benzene rings is 1. The molecule has 1 fully saturated rings. The van der Waals surface area contributed by atoms with Crippen molar-refractivity contribution in [3.63, 3.8) is 0 Å². The van der Waals surface area contributed by atoms with E-state index in [2.05, 4.69) is 15.5 Å². The Kier molecular flexibility index (Phi) is 5.65. The number of carboxylic acid groups (broad SMARTS) is 1. The molecule has 0 unspecified atom stereocenters.